The molecule has 0 amide bonds. The Balaban J connectivity index is 2.05. The first-order chi connectivity index (χ1) is 7.25. The molecule has 1 N–H and O–H groups in total. The smallest absolute Gasteiger partial charge is 0.0262 e. The van der Waals surface area contributed by atoms with Gasteiger partial charge in [0, 0.05) is 31.1 Å². The lowest BCUT2D eigenvalue weighted by atomic mass is 10.2. The minimum absolute atomic E-state index is 1.11. The number of aryl methyl sites for hydroxylation is 2. The van der Waals surface area contributed by atoms with Gasteiger partial charge in [-0.3, -0.25) is 0 Å². The van der Waals surface area contributed by atoms with Crippen LogP contribution in [-0.2, 0) is 0 Å². The molecule has 1 heterocycles. The number of nitrogens with zero attached hydrogens (tertiary/aromatic N) is 1. The minimum atomic E-state index is 1.11. The van der Waals surface area contributed by atoms with Crippen LogP contribution in [0.5, 0.6) is 0 Å². The molecule has 0 atom stereocenters. The van der Waals surface area contributed by atoms with Crippen molar-refractivity contribution in [3.63, 3.8) is 0 Å². The van der Waals surface area contributed by atoms with Crippen LogP contribution in [0.25, 0.3) is 0 Å². The Labute approximate surface area is 96.2 Å². The van der Waals surface area contributed by atoms with E-state index in [1.54, 1.807) is 0 Å². The van der Waals surface area contributed by atoms with Crippen molar-refractivity contribution in [3.8, 4) is 0 Å². The predicted octanol–water partition coefficient (Wildman–Crippen LogP) is 2.22. The first kappa shape index (κ1) is 11.0. The highest BCUT2D eigenvalue weighted by Gasteiger charge is 2.11. The molecule has 0 spiro atoms. The third-order valence-corrected chi connectivity index (χ3v) is 3.91. The Morgan fingerprint density at radius 1 is 1.20 bits per heavy atom. The highest BCUT2D eigenvalue weighted by Crippen LogP contribution is 2.26. The van der Waals surface area contributed by atoms with E-state index in [0.29, 0.717) is 0 Å². The number of hydrogen-bond donors (Lipinski definition) is 1. The summed E-state index contributed by atoms with van der Waals surface area (Å²) < 4.78 is 2.44. The van der Waals surface area contributed by atoms with Gasteiger partial charge in [0.1, 0.15) is 0 Å². The average molecular weight is 222 g/mol. The van der Waals surface area contributed by atoms with Crippen molar-refractivity contribution in [3.05, 3.63) is 29.3 Å². The van der Waals surface area contributed by atoms with E-state index in [2.05, 4.69) is 41.7 Å². The van der Waals surface area contributed by atoms with Gasteiger partial charge >= 0.3 is 0 Å². The van der Waals surface area contributed by atoms with E-state index in [1.165, 1.54) is 16.0 Å². The van der Waals surface area contributed by atoms with E-state index < -0.39 is 0 Å². The highest BCUT2D eigenvalue weighted by atomic mass is 32.2. The second kappa shape index (κ2) is 5.01. The van der Waals surface area contributed by atoms with Crippen molar-refractivity contribution < 1.29 is 0 Å². The molecule has 3 heteroatoms. The van der Waals surface area contributed by atoms with Gasteiger partial charge in [0.05, 0.1) is 0 Å². The summed E-state index contributed by atoms with van der Waals surface area (Å²) in [6, 6.07) is 6.67. The summed E-state index contributed by atoms with van der Waals surface area (Å²) in [5.74, 6) is 0. The van der Waals surface area contributed by atoms with Crippen molar-refractivity contribution in [1.82, 2.24) is 9.62 Å². The summed E-state index contributed by atoms with van der Waals surface area (Å²) in [7, 11) is 0. The van der Waals surface area contributed by atoms with E-state index in [-0.39, 0.29) is 0 Å². The Morgan fingerprint density at radius 3 is 2.67 bits per heavy atom. The van der Waals surface area contributed by atoms with E-state index in [9.17, 15) is 0 Å². The van der Waals surface area contributed by atoms with Crippen molar-refractivity contribution in [1.29, 1.82) is 0 Å². The summed E-state index contributed by atoms with van der Waals surface area (Å²) in [5, 5.41) is 3.37. The van der Waals surface area contributed by atoms with Gasteiger partial charge in [-0.25, -0.2) is 4.31 Å². The van der Waals surface area contributed by atoms with Crippen LogP contribution in [-0.4, -0.2) is 30.5 Å². The molecule has 1 saturated heterocycles. The lowest BCUT2D eigenvalue weighted by Crippen LogP contribution is -2.39. The standard InChI is InChI=1S/C12H18N2S/c1-10-3-4-11(2)12(9-10)15-14-7-5-13-6-8-14/h3-4,9,13H,5-8H2,1-2H3. The van der Waals surface area contributed by atoms with E-state index in [1.807, 2.05) is 11.9 Å². The number of rotatable bonds is 2. The molecule has 1 aromatic carbocycles. The van der Waals surface area contributed by atoms with Crippen LogP contribution in [0.3, 0.4) is 0 Å². The van der Waals surface area contributed by atoms with E-state index in [4.69, 9.17) is 0 Å². The third-order valence-electron chi connectivity index (χ3n) is 2.65. The number of piperazine rings is 1. The maximum Gasteiger partial charge on any atom is 0.0262 e. The lowest BCUT2D eigenvalue weighted by molar-refractivity contribution is 0.396. The van der Waals surface area contributed by atoms with Crippen molar-refractivity contribution in [2.45, 2.75) is 18.7 Å². The van der Waals surface area contributed by atoms with Crippen molar-refractivity contribution >= 4 is 11.9 Å². The molecule has 15 heavy (non-hydrogen) atoms. The third kappa shape index (κ3) is 2.97. The van der Waals surface area contributed by atoms with Gasteiger partial charge in [0.25, 0.3) is 0 Å². The summed E-state index contributed by atoms with van der Waals surface area (Å²) in [4.78, 5) is 1.40. The molecule has 2 nitrogen and oxygen atoms in total. The number of nitrogens with one attached hydrogen (secondary N) is 1. The summed E-state index contributed by atoms with van der Waals surface area (Å²) >= 11 is 1.90. The molecule has 1 aliphatic heterocycles. The Hall–Kier alpha value is -0.510. The minimum Gasteiger partial charge on any atom is -0.314 e. The van der Waals surface area contributed by atoms with Gasteiger partial charge in [-0.2, -0.15) is 0 Å². The number of benzene rings is 1. The van der Waals surface area contributed by atoms with Crippen LogP contribution < -0.4 is 5.32 Å². The van der Waals surface area contributed by atoms with Crippen molar-refractivity contribution in [2.75, 3.05) is 26.2 Å². The number of hydrogen-bond acceptors (Lipinski definition) is 3. The first-order valence-corrected chi connectivity index (χ1v) is 6.24. The van der Waals surface area contributed by atoms with Gasteiger partial charge in [0.15, 0.2) is 0 Å². The highest BCUT2D eigenvalue weighted by molar-refractivity contribution is 7.97. The molecule has 82 valence electrons. The Kier molecular flexibility index (Phi) is 3.67. The van der Waals surface area contributed by atoms with Gasteiger partial charge in [-0.05, 0) is 43.0 Å². The van der Waals surface area contributed by atoms with Gasteiger partial charge in [-0.1, -0.05) is 12.1 Å². The second-order valence-electron chi connectivity index (χ2n) is 4.04. The topological polar surface area (TPSA) is 15.3 Å². The molecule has 0 aliphatic carbocycles. The SMILES string of the molecule is Cc1ccc(C)c(SN2CCNCC2)c1. The first-order valence-electron chi connectivity index (χ1n) is 5.46. The average Bonchev–Trinajstić information content (AvgIpc) is 2.25. The fourth-order valence-electron chi connectivity index (χ4n) is 1.68. The fourth-order valence-corrected chi connectivity index (χ4v) is 2.77. The lowest BCUT2D eigenvalue weighted by Gasteiger charge is -2.26. The molecular formula is C12H18N2S. The molecule has 0 aromatic heterocycles. The maximum atomic E-state index is 3.37. The van der Waals surface area contributed by atoms with Crippen LogP contribution >= 0.6 is 11.9 Å². The molecule has 0 radical (unpaired) electrons. The monoisotopic (exact) mass is 222 g/mol. The van der Waals surface area contributed by atoms with Gasteiger partial charge in [-0.15, -0.1) is 0 Å². The van der Waals surface area contributed by atoms with Crippen LogP contribution in [0.4, 0.5) is 0 Å². The second-order valence-corrected chi connectivity index (χ2v) is 5.18. The largest absolute Gasteiger partial charge is 0.314 e. The summed E-state index contributed by atoms with van der Waals surface area (Å²) in [5.41, 5.74) is 2.72. The van der Waals surface area contributed by atoms with E-state index in [0.717, 1.165) is 26.2 Å². The molecule has 1 aliphatic rings. The van der Waals surface area contributed by atoms with Crippen LogP contribution in [0.15, 0.2) is 23.1 Å². The molecular weight excluding hydrogens is 204 g/mol. The van der Waals surface area contributed by atoms with Crippen LogP contribution in [0.1, 0.15) is 11.1 Å². The molecule has 0 saturated carbocycles. The quantitative estimate of drug-likeness (QED) is 0.772. The van der Waals surface area contributed by atoms with Crippen molar-refractivity contribution in [2.24, 2.45) is 0 Å². The van der Waals surface area contributed by atoms with Crippen LogP contribution in [0, 0.1) is 13.8 Å². The molecule has 1 fully saturated rings. The normalized spacial score (nSPS) is 18.0. The molecule has 0 bridgehead atoms. The zero-order chi connectivity index (χ0) is 10.7. The fraction of sp³-hybridized carbons (Fsp3) is 0.500. The summed E-state index contributed by atoms with van der Waals surface area (Å²) in [6.45, 7) is 8.83. The molecule has 1 aromatic rings. The summed E-state index contributed by atoms with van der Waals surface area (Å²) in [6.07, 6.45) is 0. The zero-order valence-electron chi connectivity index (χ0n) is 9.42. The van der Waals surface area contributed by atoms with Crippen LogP contribution in [0.2, 0.25) is 0 Å². The zero-order valence-corrected chi connectivity index (χ0v) is 10.2. The predicted molar refractivity (Wildman–Crippen MR) is 66.2 cm³/mol. The molecule has 2 rings (SSSR count). The molecule has 0 unspecified atom stereocenters. The Bertz CT molecular complexity index is 332. The van der Waals surface area contributed by atoms with Gasteiger partial charge in [0.2, 0.25) is 0 Å². The maximum absolute atomic E-state index is 3.37. The Morgan fingerprint density at radius 2 is 1.93 bits per heavy atom. The van der Waals surface area contributed by atoms with Gasteiger partial charge < -0.3 is 5.32 Å². The van der Waals surface area contributed by atoms with E-state index >= 15 is 0 Å².